The maximum Gasteiger partial charge on any atom is 0.310 e. The summed E-state index contributed by atoms with van der Waals surface area (Å²) >= 11 is 0. The van der Waals surface area contributed by atoms with Crippen molar-refractivity contribution in [2.75, 3.05) is 25.0 Å². The van der Waals surface area contributed by atoms with Crippen molar-refractivity contribution in [1.29, 1.82) is 0 Å². The van der Waals surface area contributed by atoms with Crippen LogP contribution in [0.25, 0.3) is 0 Å². The third-order valence-corrected chi connectivity index (χ3v) is 3.80. The second-order valence-corrected chi connectivity index (χ2v) is 5.32. The molecule has 2 rings (SSSR count). The first-order chi connectivity index (χ1) is 10.6. The molecule has 1 N–H and O–H groups in total. The molecule has 7 heteroatoms. The number of rotatable bonds is 5. The normalized spacial score (nSPS) is 20.2. The molecule has 0 aliphatic carbocycles. The Bertz CT molecular complexity index is 509. The lowest BCUT2D eigenvalue weighted by atomic mass is 9.97. The molecule has 0 spiro atoms. The molecule has 1 aliphatic rings. The fraction of sp³-hybridized carbons (Fsp3) is 0.600. The molecule has 22 heavy (non-hydrogen) atoms. The molecule has 2 atom stereocenters. The summed E-state index contributed by atoms with van der Waals surface area (Å²) in [5.41, 5.74) is 0. The lowest BCUT2D eigenvalue weighted by Crippen LogP contribution is -2.48. The molecule has 0 unspecified atom stereocenters. The number of aromatic nitrogens is 2. The minimum atomic E-state index is -0.346. The quantitative estimate of drug-likeness (QED) is 0.819. The van der Waals surface area contributed by atoms with Gasteiger partial charge in [-0.05, 0) is 39.3 Å². The van der Waals surface area contributed by atoms with E-state index >= 15 is 0 Å². The van der Waals surface area contributed by atoms with E-state index in [-0.39, 0.29) is 23.8 Å². The maximum atomic E-state index is 12.3. The molecule has 1 aromatic rings. The van der Waals surface area contributed by atoms with E-state index in [4.69, 9.17) is 4.74 Å². The lowest BCUT2D eigenvalue weighted by molar-refractivity contribution is -0.150. The van der Waals surface area contributed by atoms with Crippen LogP contribution in [-0.4, -0.2) is 52.5 Å². The van der Waals surface area contributed by atoms with Crippen LogP contribution in [-0.2, 0) is 14.3 Å². The highest BCUT2D eigenvalue weighted by Gasteiger charge is 2.31. The average Bonchev–Trinajstić information content (AvgIpc) is 2.55. The van der Waals surface area contributed by atoms with E-state index in [2.05, 4.69) is 15.3 Å². The fourth-order valence-corrected chi connectivity index (χ4v) is 2.55. The Labute approximate surface area is 130 Å². The van der Waals surface area contributed by atoms with Crippen LogP contribution in [0, 0.1) is 5.92 Å². The van der Waals surface area contributed by atoms with Crippen LogP contribution in [0.1, 0.15) is 26.7 Å². The largest absolute Gasteiger partial charge is 0.466 e. The van der Waals surface area contributed by atoms with Crippen LogP contribution >= 0.6 is 0 Å². The number of likely N-dealkylation sites (tertiary alicyclic amines) is 1. The summed E-state index contributed by atoms with van der Waals surface area (Å²) in [7, 11) is 0. The Hall–Kier alpha value is -2.02. The third kappa shape index (κ3) is 4.24. The van der Waals surface area contributed by atoms with E-state index < -0.39 is 0 Å². The maximum absolute atomic E-state index is 12.3. The predicted octanol–water partition coefficient (Wildman–Crippen LogP) is 1.08. The van der Waals surface area contributed by atoms with Crippen molar-refractivity contribution in [2.24, 2.45) is 5.92 Å². The van der Waals surface area contributed by atoms with Gasteiger partial charge >= 0.3 is 5.97 Å². The van der Waals surface area contributed by atoms with Gasteiger partial charge in [0.25, 0.3) is 0 Å². The second kappa shape index (κ2) is 7.84. The summed E-state index contributed by atoms with van der Waals surface area (Å²) in [4.78, 5) is 34.1. The van der Waals surface area contributed by atoms with Crippen LogP contribution in [0.2, 0.25) is 0 Å². The van der Waals surface area contributed by atoms with Gasteiger partial charge in [-0.1, -0.05) is 0 Å². The number of amides is 1. The van der Waals surface area contributed by atoms with E-state index in [0.717, 1.165) is 19.4 Å². The van der Waals surface area contributed by atoms with Gasteiger partial charge < -0.3 is 4.74 Å². The van der Waals surface area contributed by atoms with Gasteiger partial charge in [-0.25, -0.2) is 9.97 Å². The fourth-order valence-electron chi connectivity index (χ4n) is 2.55. The molecule has 0 aromatic carbocycles. The predicted molar refractivity (Wildman–Crippen MR) is 81.1 cm³/mol. The van der Waals surface area contributed by atoms with E-state index in [1.165, 1.54) is 0 Å². The van der Waals surface area contributed by atoms with Crippen molar-refractivity contribution in [2.45, 2.75) is 32.7 Å². The standard InChI is InChI=1S/C15H22N4O3/c1-3-22-14(21)12-6-4-9-19(10-12)11(2)13(20)18-15-16-7-5-8-17-15/h5,7-8,11-12H,3-4,6,9-10H2,1-2H3,(H,16,17,18,20)/t11-,12-/m0/s1. The first-order valence-corrected chi connectivity index (χ1v) is 7.60. The van der Waals surface area contributed by atoms with E-state index in [0.29, 0.717) is 19.1 Å². The molecular weight excluding hydrogens is 284 g/mol. The van der Waals surface area contributed by atoms with Gasteiger partial charge in [-0.2, -0.15) is 0 Å². The van der Waals surface area contributed by atoms with Crippen molar-refractivity contribution in [3.05, 3.63) is 18.5 Å². The van der Waals surface area contributed by atoms with E-state index in [1.807, 2.05) is 11.8 Å². The zero-order chi connectivity index (χ0) is 15.9. The topological polar surface area (TPSA) is 84.4 Å². The highest BCUT2D eigenvalue weighted by molar-refractivity contribution is 5.93. The van der Waals surface area contributed by atoms with Gasteiger partial charge in [0.15, 0.2) is 0 Å². The molecule has 1 amide bonds. The van der Waals surface area contributed by atoms with Crippen LogP contribution < -0.4 is 5.32 Å². The number of nitrogens with zero attached hydrogens (tertiary/aromatic N) is 3. The summed E-state index contributed by atoms with van der Waals surface area (Å²) in [6.07, 6.45) is 4.84. The van der Waals surface area contributed by atoms with Crippen LogP contribution in [0.5, 0.6) is 0 Å². The molecular formula is C15H22N4O3. The van der Waals surface area contributed by atoms with Crippen LogP contribution in [0.15, 0.2) is 18.5 Å². The van der Waals surface area contributed by atoms with Crippen LogP contribution in [0.3, 0.4) is 0 Å². The smallest absolute Gasteiger partial charge is 0.310 e. The van der Waals surface area contributed by atoms with Gasteiger partial charge in [0, 0.05) is 18.9 Å². The van der Waals surface area contributed by atoms with Crippen molar-refractivity contribution >= 4 is 17.8 Å². The first-order valence-electron chi connectivity index (χ1n) is 7.60. The van der Waals surface area contributed by atoms with Crippen molar-refractivity contribution in [3.8, 4) is 0 Å². The molecule has 1 aliphatic heterocycles. The minimum Gasteiger partial charge on any atom is -0.466 e. The van der Waals surface area contributed by atoms with Crippen LogP contribution in [0.4, 0.5) is 5.95 Å². The number of hydrogen-bond donors (Lipinski definition) is 1. The molecule has 1 fully saturated rings. The summed E-state index contributed by atoms with van der Waals surface area (Å²) in [6, 6.07) is 1.34. The number of hydrogen-bond acceptors (Lipinski definition) is 6. The number of esters is 1. The lowest BCUT2D eigenvalue weighted by Gasteiger charge is -2.34. The average molecular weight is 306 g/mol. The number of anilines is 1. The van der Waals surface area contributed by atoms with E-state index in [1.54, 1.807) is 25.4 Å². The third-order valence-electron chi connectivity index (χ3n) is 3.80. The zero-order valence-corrected chi connectivity index (χ0v) is 13.0. The zero-order valence-electron chi connectivity index (χ0n) is 13.0. The summed E-state index contributed by atoms with van der Waals surface area (Å²) in [6.45, 7) is 5.35. The molecule has 0 saturated carbocycles. The monoisotopic (exact) mass is 306 g/mol. The van der Waals surface area contributed by atoms with E-state index in [9.17, 15) is 9.59 Å². The Balaban J connectivity index is 1.92. The molecule has 1 saturated heterocycles. The number of carbonyl (C=O) groups excluding carboxylic acids is 2. The highest BCUT2D eigenvalue weighted by atomic mass is 16.5. The van der Waals surface area contributed by atoms with Gasteiger partial charge in [-0.3, -0.25) is 19.8 Å². The first kappa shape index (κ1) is 16.4. The number of carbonyl (C=O) groups is 2. The van der Waals surface area contributed by atoms with Gasteiger partial charge in [0.2, 0.25) is 11.9 Å². The molecule has 1 aromatic heterocycles. The number of ether oxygens (including phenoxy) is 1. The van der Waals surface area contributed by atoms with Gasteiger partial charge in [0.05, 0.1) is 18.6 Å². The Morgan fingerprint density at radius 2 is 2.18 bits per heavy atom. The number of piperidine rings is 1. The second-order valence-electron chi connectivity index (χ2n) is 5.32. The highest BCUT2D eigenvalue weighted by Crippen LogP contribution is 2.20. The van der Waals surface area contributed by atoms with Crippen molar-refractivity contribution in [1.82, 2.24) is 14.9 Å². The Morgan fingerprint density at radius 3 is 2.86 bits per heavy atom. The minimum absolute atomic E-state index is 0.156. The molecule has 0 bridgehead atoms. The molecule has 0 radical (unpaired) electrons. The van der Waals surface area contributed by atoms with Crippen molar-refractivity contribution < 1.29 is 14.3 Å². The number of nitrogens with one attached hydrogen (secondary N) is 1. The summed E-state index contributed by atoms with van der Waals surface area (Å²) in [5.74, 6) is -0.211. The van der Waals surface area contributed by atoms with Gasteiger partial charge in [-0.15, -0.1) is 0 Å². The Morgan fingerprint density at radius 1 is 1.45 bits per heavy atom. The SMILES string of the molecule is CCOC(=O)[C@H]1CCCN([C@@H](C)C(=O)Nc2ncccn2)C1. The molecule has 120 valence electrons. The van der Waals surface area contributed by atoms with Crippen molar-refractivity contribution in [3.63, 3.8) is 0 Å². The molecule has 7 nitrogen and oxygen atoms in total. The summed E-state index contributed by atoms with van der Waals surface area (Å²) in [5, 5.41) is 2.69. The Kier molecular flexibility index (Phi) is 5.83. The molecule has 2 heterocycles. The van der Waals surface area contributed by atoms with Gasteiger partial charge in [0.1, 0.15) is 0 Å². The summed E-state index contributed by atoms with van der Waals surface area (Å²) < 4.78 is 5.08.